The van der Waals surface area contributed by atoms with E-state index in [9.17, 15) is 35.9 Å². The number of carbonyl (C=O) groups excluding carboxylic acids is 2. The number of benzene rings is 2. The predicted molar refractivity (Wildman–Crippen MR) is 142 cm³/mol. The van der Waals surface area contributed by atoms with Gasteiger partial charge < -0.3 is 16.4 Å². The second-order valence-corrected chi connectivity index (χ2v) is 9.95. The van der Waals surface area contributed by atoms with Crippen molar-refractivity contribution in [3.8, 4) is 11.1 Å². The Morgan fingerprint density at radius 2 is 1.81 bits per heavy atom. The Morgan fingerprint density at radius 3 is 2.51 bits per heavy atom. The number of pyridine rings is 1. The first-order chi connectivity index (χ1) is 20.4. The minimum atomic E-state index is -4.73. The highest BCUT2D eigenvalue weighted by Gasteiger charge is 2.40. The molecule has 1 aliphatic heterocycles. The van der Waals surface area contributed by atoms with Crippen LogP contribution in [0.4, 0.5) is 26.3 Å². The molecular weight excluding hydrogens is 578 g/mol. The fourth-order valence-corrected chi connectivity index (χ4v) is 5.16. The number of primary amides is 1. The summed E-state index contributed by atoms with van der Waals surface area (Å²) in [6, 6.07) is 8.50. The molecule has 3 heterocycles. The third-order valence-corrected chi connectivity index (χ3v) is 6.98. The molecule has 224 valence electrons. The minimum Gasteiger partial charge on any atom is -0.366 e. The number of amides is 2. The van der Waals surface area contributed by atoms with Crippen LogP contribution in [0, 0.1) is 17.5 Å². The van der Waals surface area contributed by atoms with E-state index in [-0.39, 0.29) is 41.9 Å². The van der Waals surface area contributed by atoms with Gasteiger partial charge in [0.1, 0.15) is 24.0 Å². The zero-order valence-electron chi connectivity index (χ0n) is 22.3. The fourth-order valence-electron chi connectivity index (χ4n) is 5.16. The zero-order valence-corrected chi connectivity index (χ0v) is 22.3. The predicted octanol–water partition coefficient (Wildman–Crippen LogP) is 4.23. The maximum absolute atomic E-state index is 14.2. The van der Waals surface area contributed by atoms with Gasteiger partial charge in [-0.05, 0) is 47.9 Å². The molecule has 1 aliphatic rings. The van der Waals surface area contributed by atoms with Gasteiger partial charge in [0.2, 0.25) is 5.91 Å². The average Bonchev–Trinajstić information content (AvgIpc) is 3.31. The molecule has 43 heavy (non-hydrogen) atoms. The molecule has 0 fully saturated rings. The van der Waals surface area contributed by atoms with E-state index in [4.69, 9.17) is 5.73 Å². The molecular formula is C29H24F6N6O2. The number of nitrogens with zero attached hydrogens (tertiary/aromatic N) is 3. The van der Waals surface area contributed by atoms with E-state index in [0.717, 1.165) is 22.9 Å². The van der Waals surface area contributed by atoms with E-state index in [1.807, 2.05) is 0 Å². The molecule has 0 saturated heterocycles. The van der Waals surface area contributed by atoms with Crippen molar-refractivity contribution in [1.82, 2.24) is 25.4 Å². The van der Waals surface area contributed by atoms with Crippen LogP contribution in [-0.2, 0) is 36.9 Å². The minimum absolute atomic E-state index is 0.0353. The molecule has 2 amide bonds. The number of carbonyl (C=O) groups is 2. The average molecular weight is 603 g/mol. The van der Waals surface area contributed by atoms with E-state index in [1.54, 1.807) is 12.1 Å². The lowest BCUT2D eigenvalue weighted by molar-refractivity contribution is -0.142. The van der Waals surface area contributed by atoms with Crippen LogP contribution in [0.15, 0.2) is 54.7 Å². The lowest BCUT2D eigenvalue weighted by Gasteiger charge is -2.22. The van der Waals surface area contributed by atoms with Crippen molar-refractivity contribution in [3.05, 3.63) is 106 Å². The van der Waals surface area contributed by atoms with Crippen LogP contribution in [0.2, 0.25) is 0 Å². The van der Waals surface area contributed by atoms with Crippen LogP contribution < -0.4 is 16.4 Å². The number of rotatable bonds is 8. The normalized spacial score (nSPS) is 13.8. The molecule has 0 saturated carbocycles. The Labute approximate surface area is 240 Å². The van der Waals surface area contributed by atoms with Gasteiger partial charge in [-0.1, -0.05) is 12.1 Å². The lowest BCUT2D eigenvalue weighted by Crippen LogP contribution is -2.35. The van der Waals surface area contributed by atoms with E-state index in [0.29, 0.717) is 23.7 Å². The summed E-state index contributed by atoms with van der Waals surface area (Å²) in [5.74, 6) is -4.32. The molecule has 4 N–H and O–H groups in total. The fraction of sp³-hybridized carbons (Fsp3) is 0.241. The quantitative estimate of drug-likeness (QED) is 0.261. The Morgan fingerprint density at radius 1 is 1.07 bits per heavy atom. The van der Waals surface area contributed by atoms with Gasteiger partial charge >= 0.3 is 6.18 Å². The third-order valence-electron chi connectivity index (χ3n) is 6.98. The first-order valence-corrected chi connectivity index (χ1v) is 13.1. The Balaban J connectivity index is 1.52. The van der Waals surface area contributed by atoms with Crippen molar-refractivity contribution < 1.29 is 35.9 Å². The summed E-state index contributed by atoms with van der Waals surface area (Å²) in [6.45, 7) is -0.230. The van der Waals surface area contributed by atoms with Crippen LogP contribution in [0.25, 0.3) is 11.1 Å². The molecule has 0 spiro atoms. The van der Waals surface area contributed by atoms with E-state index in [1.165, 1.54) is 18.3 Å². The van der Waals surface area contributed by atoms with Crippen molar-refractivity contribution in [2.45, 2.75) is 38.1 Å². The van der Waals surface area contributed by atoms with Gasteiger partial charge in [-0.25, -0.2) is 13.2 Å². The highest BCUT2D eigenvalue weighted by atomic mass is 19.4. The van der Waals surface area contributed by atoms with Gasteiger partial charge in [-0.2, -0.15) is 18.3 Å². The molecule has 0 radical (unpaired) electrons. The number of fused-ring (bicyclic) bond motifs is 1. The number of nitrogens with two attached hydrogens (primary N) is 1. The zero-order chi connectivity index (χ0) is 30.9. The van der Waals surface area contributed by atoms with Gasteiger partial charge in [0.15, 0.2) is 5.69 Å². The van der Waals surface area contributed by atoms with E-state index >= 15 is 0 Å². The topological polar surface area (TPSA) is 115 Å². The molecule has 4 aromatic rings. The summed E-state index contributed by atoms with van der Waals surface area (Å²) < 4.78 is 84.3. The van der Waals surface area contributed by atoms with Crippen molar-refractivity contribution in [3.63, 3.8) is 0 Å². The summed E-state index contributed by atoms with van der Waals surface area (Å²) in [7, 11) is 0. The molecule has 2 aromatic heterocycles. The monoisotopic (exact) mass is 602 g/mol. The largest absolute Gasteiger partial charge is 0.435 e. The van der Waals surface area contributed by atoms with Gasteiger partial charge in [0.05, 0.1) is 17.3 Å². The smallest absolute Gasteiger partial charge is 0.366 e. The van der Waals surface area contributed by atoms with Crippen LogP contribution in [0.1, 0.15) is 44.6 Å². The standard InChI is InChI=1S/C29H24F6N6O2/c30-17-8-15(9-18(31)12-17)10-23(26-19(2-1-6-38-26)16-3-4-22(32)20(11-16)28(36)43)39-25(42)14-41-24-5-7-37-13-21(24)27(40-41)29(33,34)35/h1-4,6,8-9,11-12,23,37H,5,7,10,13-14H2,(H2,36,43)(H,39,42)/t23-/m0/s1. The third kappa shape index (κ3) is 6.53. The molecule has 0 unspecified atom stereocenters. The molecule has 0 aliphatic carbocycles. The Bertz CT molecular complexity index is 1680. The van der Waals surface area contributed by atoms with Crippen LogP contribution in [0.5, 0.6) is 0 Å². The van der Waals surface area contributed by atoms with Gasteiger partial charge in [0.25, 0.3) is 5.91 Å². The molecule has 2 aromatic carbocycles. The highest BCUT2D eigenvalue weighted by Crippen LogP contribution is 2.34. The number of aromatic nitrogens is 3. The van der Waals surface area contributed by atoms with Crippen molar-refractivity contribution in [2.75, 3.05) is 6.54 Å². The number of alkyl halides is 3. The van der Waals surface area contributed by atoms with Crippen LogP contribution in [-0.4, -0.2) is 33.1 Å². The second kappa shape index (κ2) is 11.9. The first kappa shape index (κ1) is 29.8. The van der Waals surface area contributed by atoms with Gasteiger partial charge in [-0.3, -0.25) is 19.3 Å². The molecule has 1 atom stereocenters. The van der Waals surface area contributed by atoms with Crippen LogP contribution >= 0.6 is 0 Å². The van der Waals surface area contributed by atoms with Crippen molar-refractivity contribution in [2.24, 2.45) is 5.73 Å². The molecule has 14 heteroatoms. The Kier molecular flexibility index (Phi) is 8.22. The van der Waals surface area contributed by atoms with Gasteiger partial charge in [0, 0.05) is 48.6 Å². The summed E-state index contributed by atoms with van der Waals surface area (Å²) in [5, 5.41) is 9.27. The van der Waals surface area contributed by atoms with Gasteiger partial charge in [-0.15, -0.1) is 0 Å². The maximum atomic E-state index is 14.2. The molecule has 0 bridgehead atoms. The van der Waals surface area contributed by atoms with E-state index < -0.39 is 59.3 Å². The van der Waals surface area contributed by atoms with Crippen molar-refractivity contribution in [1.29, 1.82) is 0 Å². The summed E-state index contributed by atoms with van der Waals surface area (Å²) in [5.41, 5.74) is 5.06. The number of hydrogen-bond acceptors (Lipinski definition) is 5. The van der Waals surface area contributed by atoms with E-state index in [2.05, 4.69) is 20.7 Å². The molecule has 5 rings (SSSR count). The SMILES string of the molecule is NC(=O)c1cc(-c2cccnc2[C@H](Cc2cc(F)cc(F)c2)NC(=O)Cn2nc(C(F)(F)F)c3c2CCNC3)ccc1F. The first-order valence-electron chi connectivity index (χ1n) is 13.1. The number of hydrogen-bond donors (Lipinski definition) is 3. The van der Waals surface area contributed by atoms with Crippen LogP contribution in [0.3, 0.4) is 0 Å². The maximum Gasteiger partial charge on any atom is 0.435 e. The summed E-state index contributed by atoms with van der Waals surface area (Å²) >= 11 is 0. The molecule has 8 nitrogen and oxygen atoms in total. The summed E-state index contributed by atoms with van der Waals surface area (Å²) in [6.07, 6.45) is -3.29. The lowest BCUT2D eigenvalue weighted by atomic mass is 9.94. The number of nitrogens with one attached hydrogen (secondary N) is 2. The highest BCUT2D eigenvalue weighted by molar-refractivity contribution is 5.94. The van der Waals surface area contributed by atoms with Crippen molar-refractivity contribution >= 4 is 11.8 Å². The summed E-state index contributed by atoms with van der Waals surface area (Å²) in [4.78, 5) is 29.5. The number of halogens is 6. The Hall–Kier alpha value is -4.72. The second-order valence-electron chi connectivity index (χ2n) is 9.95.